The lowest BCUT2D eigenvalue weighted by atomic mass is 9.91. The number of hydrogen-bond donors (Lipinski definition) is 1. The van der Waals surface area contributed by atoms with Crippen molar-refractivity contribution < 1.29 is 19.1 Å². The number of pyridine rings is 1. The van der Waals surface area contributed by atoms with Gasteiger partial charge in [-0.3, -0.25) is 14.6 Å². The quantitative estimate of drug-likeness (QED) is 0.583. The number of carbonyl (C=O) groups excluding carboxylic acids is 2. The van der Waals surface area contributed by atoms with Crippen LogP contribution >= 0.6 is 0 Å². The number of ether oxygens (including phenoxy) is 2. The number of nitrogens with one attached hydrogen (secondary N) is 1. The molecular formula is C27H32N4O4. The average molecular weight is 477 g/mol. The number of aromatic nitrogens is 2. The van der Waals surface area contributed by atoms with E-state index in [9.17, 15) is 9.59 Å². The number of methoxy groups -OCH3 is 2. The van der Waals surface area contributed by atoms with E-state index < -0.39 is 5.54 Å². The van der Waals surface area contributed by atoms with Gasteiger partial charge < -0.3 is 24.3 Å². The molecule has 1 aromatic carbocycles. The van der Waals surface area contributed by atoms with Gasteiger partial charge in [0.25, 0.3) is 5.91 Å². The summed E-state index contributed by atoms with van der Waals surface area (Å²) in [6.45, 7) is 2.46. The predicted molar refractivity (Wildman–Crippen MR) is 133 cm³/mol. The highest BCUT2D eigenvalue weighted by molar-refractivity contribution is 6.05. The van der Waals surface area contributed by atoms with Crippen LogP contribution in [0.25, 0.3) is 10.9 Å². The van der Waals surface area contributed by atoms with Crippen LogP contribution in [-0.4, -0.2) is 52.1 Å². The highest BCUT2D eigenvalue weighted by atomic mass is 16.5. The Morgan fingerprint density at radius 3 is 2.57 bits per heavy atom. The number of nitrogens with zero attached hydrogens (tertiary/aromatic N) is 3. The summed E-state index contributed by atoms with van der Waals surface area (Å²) in [7, 11) is 3.21. The number of carbonyl (C=O) groups is 2. The van der Waals surface area contributed by atoms with Crippen LogP contribution < -0.4 is 14.8 Å². The number of rotatable bonds is 6. The molecule has 1 N–H and O–H groups in total. The monoisotopic (exact) mass is 476 g/mol. The number of benzene rings is 1. The molecule has 0 radical (unpaired) electrons. The van der Waals surface area contributed by atoms with Crippen LogP contribution in [0.2, 0.25) is 0 Å². The Kier molecular flexibility index (Phi) is 6.13. The minimum atomic E-state index is -1.10. The van der Waals surface area contributed by atoms with Gasteiger partial charge >= 0.3 is 0 Å². The highest BCUT2D eigenvalue weighted by Crippen LogP contribution is 2.40. The molecule has 8 nitrogen and oxygen atoms in total. The van der Waals surface area contributed by atoms with Crippen LogP contribution in [0.1, 0.15) is 55.1 Å². The van der Waals surface area contributed by atoms with Crippen LogP contribution in [0.4, 0.5) is 0 Å². The fourth-order valence-corrected chi connectivity index (χ4v) is 5.46. The summed E-state index contributed by atoms with van der Waals surface area (Å²) in [4.78, 5) is 33.8. The standard InChI is InChI=1S/C27H32N4O4/c1-27(26(33)29-19-9-5-4-6-10-19)17-30-21(25(32)31(27)16-18-8-7-13-28-15-18)14-20-22(34-2)11-12-23(35-3)24(20)30/h7-8,11-15,19H,4-6,9-10,16-17H2,1-3H3,(H,29,33)/t27-/m0/s1. The summed E-state index contributed by atoms with van der Waals surface area (Å²) in [5.41, 5.74) is 1.04. The molecule has 1 aliphatic carbocycles. The molecule has 8 heteroatoms. The SMILES string of the molecule is COc1ccc(OC)c2c1cc1n2C[C@@](C)(C(=O)NC2CCCCC2)N(Cc2cccnc2)C1=O. The summed E-state index contributed by atoms with van der Waals surface area (Å²) < 4.78 is 13.1. The Balaban J connectivity index is 1.62. The maximum Gasteiger partial charge on any atom is 0.271 e. The zero-order valence-electron chi connectivity index (χ0n) is 20.5. The smallest absolute Gasteiger partial charge is 0.271 e. The molecule has 184 valence electrons. The maximum atomic E-state index is 14.0. The van der Waals surface area contributed by atoms with Gasteiger partial charge in [-0.1, -0.05) is 25.3 Å². The molecule has 1 aliphatic heterocycles. The van der Waals surface area contributed by atoms with E-state index >= 15 is 0 Å². The molecule has 2 amide bonds. The lowest BCUT2D eigenvalue weighted by Gasteiger charge is -2.45. The normalized spacial score (nSPS) is 20.5. The molecule has 0 spiro atoms. The first-order valence-electron chi connectivity index (χ1n) is 12.2. The zero-order valence-corrected chi connectivity index (χ0v) is 20.5. The summed E-state index contributed by atoms with van der Waals surface area (Å²) >= 11 is 0. The van der Waals surface area contributed by atoms with Crippen molar-refractivity contribution >= 4 is 22.7 Å². The fraction of sp³-hybridized carbons (Fsp3) is 0.444. The van der Waals surface area contributed by atoms with Crippen molar-refractivity contribution in [2.45, 2.75) is 63.7 Å². The van der Waals surface area contributed by atoms with Crippen molar-refractivity contribution in [2.75, 3.05) is 14.2 Å². The second kappa shape index (κ2) is 9.24. The Morgan fingerprint density at radius 1 is 1.14 bits per heavy atom. The van der Waals surface area contributed by atoms with Gasteiger partial charge in [0.2, 0.25) is 5.91 Å². The molecule has 2 aliphatic rings. The van der Waals surface area contributed by atoms with Gasteiger partial charge in [-0.2, -0.15) is 0 Å². The van der Waals surface area contributed by atoms with E-state index in [2.05, 4.69) is 10.3 Å². The zero-order chi connectivity index (χ0) is 24.6. The van der Waals surface area contributed by atoms with Crippen LogP contribution in [-0.2, 0) is 17.9 Å². The molecule has 2 aromatic heterocycles. The number of amides is 2. The van der Waals surface area contributed by atoms with Gasteiger partial charge in [0.05, 0.1) is 26.3 Å². The van der Waals surface area contributed by atoms with Gasteiger partial charge in [0, 0.05) is 30.4 Å². The van der Waals surface area contributed by atoms with Gasteiger partial charge in [-0.05, 0) is 49.6 Å². The lowest BCUT2D eigenvalue weighted by molar-refractivity contribution is -0.134. The topological polar surface area (TPSA) is 85.7 Å². The molecule has 0 bridgehead atoms. The summed E-state index contributed by atoms with van der Waals surface area (Å²) in [5.74, 6) is 0.955. The number of hydrogen-bond acceptors (Lipinski definition) is 5. The van der Waals surface area contributed by atoms with Crippen molar-refractivity contribution in [3.05, 3.63) is 54.0 Å². The van der Waals surface area contributed by atoms with Crippen molar-refractivity contribution in [2.24, 2.45) is 0 Å². The van der Waals surface area contributed by atoms with E-state index in [1.54, 1.807) is 31.5 Å². The Bertz CT molecular complexity index is 1250. The minimum Gasteiger partial charge on any atom is -0.496 e. The fourth-order valence-electron chi connectivity index (χ4n) is 5.46. The molecule has 0 saturated heterocycles. The Morgan fingerprint density at radius 2 is 1.89 bits per heavy atom. The van der Waals surface area contributed by atoms with Crippen LogP contribution in [0.15, 0.2) is 42.7 Å². The largest absolute Gasteiger partial charge is 0.496 e. The highest BCUT2D eigenvalue weighted by Gasteiger charge is 2.48. The number of fused-ring (bicyclic) bond motifs is 3. The summed E-state index contributed by atoms with van der Waals surface area (Å²) in [6.07, 6.45) is 8.82. The van der Waals surface area contributed by atoms with Gasteiger partial charge in [0.1, 0.15) is 22.7 Å². The molecule has 1 saturated carbocycles. The maximum absolute atomic E-state index is 14.0. The van der Waals surface area contributed by atoms with Crippen LogP contribution in [0.3, 0.4) is 0 Å². The van der Waals surface area contributed by atoms with Gasteiger partial charge in [-0.15, -0.1) is 0 Å². The Hall–Kier alpha value is -3.55. The first-order chi connectivity index (χ1) is 17.0. The second-order valence-electron chi connectivity index (χ2n) is 9.68. The molecule has 1 fully saturated rings. The van der Waals surface area contributed by atoms with E-state index in [1.807, 2.05) is 41.8 Å². The third kappa shape index (κ3) is 4.00. The first-order valence-corrected chi connectivity index (χ1v) is 12.2. The Labute approximate surface area is 205 Å². The average Bonchev–Trinajstić information content (AvgIpc) is 3.26. The van der Waals surface area contributed by atoms with Crippen molar-refractivity contribution in [1.82, 2.24) is 19.8 Å². The molecule has 3 aromatic rings. The van der Waals surface area contributed by atoms with Crippen molar-refractivity contribution in [3.63, 3.8) is 0 Å². The van der Waals surface area contributed by atoms with Gasteiger partial charge in [-0.25, -0.2) is 0 Å². The molecular weight excluding hydrogens is 444 g/mol. The third-order valence-electron chi connectivity index (χ3n) is 7.44. The third-order valence-corrected chi connectivity index (χ3v) is 7.44. The molecule has 5 rings (SSSR count). The molecule has 35 heavy (non-hydrogen) atoms. The van der Waals surface area contributed by atoms with Gasteiger partial charge in [0.15, 0.2) is 0 Å². The second-order valence-corrected chi connectivity index (χ2v) is 9.68. The first kappa shape index (κ1) is 23.2. The predicted octanol–water partition coefficient (Wildman–Crippen LogP) is 3.92. The van der Waals surface area contributed by atoms with Crippen molar-refractivity contribution in [3.8, 4) is 11.5 Å². The minimum absolute atomic E-state index is 0.129. The van der Waals surface area contributed by atoms with Crippen LogP contribution in [0.5, 0.6) is 11.5 Å². The van der Waals surface area contributed by atoms with Crippen molar-refractivity contribution in [1.29, 1.82) is 0 Å². The summed E-state index contributed by atoms with van der Waals surface area (Å²) in [6, 6.07) is 9.42. The molecule has 1 atom stereocenters. The lowest BCUT2D eigenvalue weighted by Crippen LogP contribution is -2.64. The van der Waals surface area contributed by atoms with E-state index in [0.29, 0.717) is 23.7 Å². The van der Waals surface area contributed by atoms with E-state index in [1.165, 1.54) is 6.42 Å². The van der Waals surface area contributed by atoms with E-state index in [4.69, 9.17) is 9.47 Å². The molecule has 0 unspecified atom stereocenters. The molecule has 3 heterocycles. The van der Waals surface area contributed by atoms with E-state index in [0.717, 1.165) is 42.1 Å². The van der Waals surface area contributed by atoms with E-state index in [-0.39, 0.29) is 24.4 Å². The summed E-state index contributed by atoms with van der Waals surface area (Å²) in [5, 5.41) is 4.06. The van der Waals surface area contributed by atoms with Crippen LogP contribution in [0, 0.1) is 0 Å².